The first kappa shape index (κ1) is 13.4. The van der Waals surface area contributed by atoms with Gasteiger partial charge in [-0.25, -0.2) is 0 Å². The summed E-state index contributed by atoms with van der Waals surface area (Å²) in [6, 6.07) is 8.84. The summed E-state index contributed by atoms with van der Waals surface area (Å²) < 4.78 is 0. The zero-order chi connectivity index (χ0) is 13.0. The molecule has 1 aromatic carbocycles. The highest BCUT2D eigenvalue weighted by Gasteiger charge is 2.25. The first-order chi connectivity index (χ1) is 8.76. The Morgan fingerprint density at radius 2 is 2.00 bits per heavy atom. The highest BCUT2D eigenvalue weighted by Crippen LogP contribution is 2.34. The number of hydrogen-bond donors (Lipinski definition) is 1. The fourth-order valence-corrected chi connectivity index (χ4v) is 2.50. The molecule has 2 N–H and O–H groups in total. The van der Waals surface area contributed by atoms with E-state index in [-0.39, 0.29) is 6.04 Å². The lowest BCUT2D eigenvalue weighted by molar-refractivity contribution is 0.670. The standard InChI is InChI=1S/C16H26N2/c1-3-11-18(12-13-9-10-13)16-8-6-5-7-14(16)15(17)4-2/h5-8,13,15H,3-4,9-12,17H2,1-2H3/t15-/m0/s1. The van der Waals surface area contributed by atoms with Gasteiger partial charge in [0.25, 0.3) is 0 Å². The topological polar surface area (TPSA) is 29.3 Å². The third-order valence-corrected chi connectivity index (χ3v) is 3.79. The lowest BCUT2D eigenvalue weighted by Crippen LogP contribution is -2.28. The van der Waals surface area contributed by atoms with Gasteiger partial charge in [-0.2, -0.15) is 0 Å². The Bertz CT molecular complexity index is 371. The van der Waals surface area contributed by atoms with E-state index in [1.807, 2.05) is 0 Å². The Morgan fingerprint density at radius 3 is 2.61 bits per heavy atom. The third-order valence-electron chi connectivity index (χ3n) is 3.79. The van der Waals surface area contributed by atoms with Crippen LogP contribution in [0.25, 0.3) is 0 Å². The number of benzene rings is 1. The molecule has 1 fully saturated rings. The second-order valence-electron chi connectivity index (χ2n) is 5.46. The summed E-state index contributed by atoms with van der Waals surface area (Å²) in [4.78, 5) is 2.54. The molecule has 0 spiro atoms. The van der Waals surface area contributed by atoms with Gasteiger partial charge in [-0.3, -0.25) is 0 Å². The van der Waals surface area contributed by atoms with Crippen molar-refractivity contribution in [1.29, 1.82) is 0 Å². The Balaban J connectivity index is 2.21. The second kappa shape index (κ2) is 6.24. The summed E-state index contributed by atoms with van der Waals surface area (Å²) >= 11 is 0. The molecule has 1 aliphatic carbocycles. The predicted molar refractivity (Wildman–Crippen MR) is 78.9 cm³/mol. The van der Waals surface area contributed by atoms with Crippen molar-refractivity contribution in [3.05, 3.63) is 29.8 Å². The van der Waals surface area contributed by atoms with Crippen molar-refractivity contribution in [1.82, 2.24) is 0 Å². The monoisotopic (exact) mass is 246 g/mol. The Kier molecular flexibility index (Phi) is 4.65. The average Bonchev–Trinajstić information content (AvgIpc) is 3.21. The zero-order valence-corrected chi connectivity index (χ0v) is 11.7. The normalized spacial score (nSPS) is 16.6. The number of hydrogen-bond acceptors (Lipinski definition) is 2. The molecule has 1 saturated carbocycles. The van der Waals surface area contributed by atoms with Crippen molar-refractivity contribution in [2.75, 3.05) is 18.0 Å². The molecule has 100 valence electrons. The van der Waals surface area contributed by atoms with E-state index in [4.69, 9.17) is 5.73 Å². The minimum absolute atomic E-state index is 0.166. The van der Waals surface area contributed by atoms with Gasteiger partial charge < -0.3 is 10.6 Å². The summed E-state index contributed by atoms with van der Waals surface area (Å²) in [6.07, 6.45) is 5.01. The number of anilines is 1. The van der Waals surface area contributed by atoms with Crippen LogP contribution >= 0.6 is 0 Å². The number of para-hydroxylation sites is 1. The molecule has 2 heteroatoms. The van der Waals surface area contributed by atoms with Gasteiger partial charge in [-0.1, -0.05) is 32.0 Å². The lowest BCUT2D eigenvalue weighted by Gasteiger charge is -2.28. The molecule has 0 aromatic heterocycles. The van der Waals surface area contributed by atoms with E-state index >= 15 is 0 Å². The Hall–Kier alpha value is -1.02. The number of nitrogens with two attached hydrogens (primary N) is 1. The van der Waals surface area contributed by atoms with Crippen LogP contribution in [0.5, 0.6) is 0 Å². The Morgan fingerprint density at radius 1 is 1.28 bits per heavy atom. The van der Waals surface area contributed by atoms with Crippen LogP contribution in [0.3, 0.4) is 0 Å². The van der Waals surface area contributed by atoms with Gasteiger partial charge in [0.2, 0.25) is 0 Å². The molecular weight excluding hydrogens is 220 g/mol. The van der Waals surface area contributed by atoms with E-state index in [2.05, 4.69) is 43.0 Å². The molecule has 1 aromatic rings. The first-order valence-electron chi connectivity index (χ1n) is 7.35. The van der Waals surface area contributed by atoms with Gasteiger partial charge in [0, 0.05) is 24.8 Å². The van der Waals surface area contributed by atoms with E-state index in [1.54, 1.807) is 0 Å². The van der Waals surface area contributed by atoms with Crippen LogP contribution in [0.15, 0.2) is 24.3 Å². The SMILES string of the molecule is CCCN(CC1CC1)c1ccccc1[C@@H](N)CC. The van der Waals surface area contributed by atoms with Crippen LogP contribution in [0.2, 0.25) is 0 Å². The van der Waals surface area contributed by atoms with E-state index in [9.17, 15) is 0 Å². The van der Waals surface area contributed by atoms with Gasteiger partial charge in [0.15, 0.2) is 0 Å². The van der Waals surface area contributed by atoms with Crippen molar-refractivity contribution in [3.8, 4) is 0 Å². The molecule has 0 saturated heterocycles. The van der Waals surface area contributed by atoms with E-state index in [0.717, 1.165) is 18.9 Å². The van der Waals surface area contributed by atoms with Gasteiger partial charge in [0.1, 0.15) is 0 Å². The van der Waals surface area contributed by atoms with E-state index in [1.165, 1.54) is 37.1 Å². The highest BCUT2D eigenvalue weighted by atomic mass is 15.1. The van der Waals surface area contributed by atoms with Crippen molar-refractivity contribution in [2.45, 2.75) is 45.6 Å². The Labute approximate surface area is 111 Å². The fourth-order valence-electron chi connectivity index (χ4n) is 2.50. The van der Waals surface area contributed by atoms with Gasteiger partial charge in [-0.15, -0.1) is 0 Å². The molecular formula is C16H26N2. The predicted octanol–water partition coefficient (Wildman–Crippen LogP) is 3.72. The molecule has 1 atom stereocenters. The highest BCUT2D eigenvalue weighted by molar-refractivity contribution is 5.55. The average molecular weight is 246 g/mol. The quantitative estimate of drug-likeness (QED) is 0.794. The maximum absolute atomic E-state index is 6.25. The minimum atomic E-state index is 0.166. The van der Waals surface area contributed by atoms with Crippen LogP contribution in [-0.2, 0) is 0 Å². The van der Waals surface area contributed by atoms with Crippen molar-refractivity contribution in [2.24, 2.45) is 11.7 Å². The van der Waals surface area contributed by atoms with Crippen LogP contribution < -0.4 is 10.6 Å². The second-order valence-corrected chi connectivity index (χ2v) is 5.46. The van der Waals surface area contributed by atoms with Gasteiger partial charge >= 0.3 is 0 Å². The molecule has 0 bridgehead atoms. The van der Waals surface area contributed by atoms with Crippen LogP contribution in [-0.4, -0.2) is 13.1 Å². The van der Waals surface area contributed by atoms with E-state index < -0.39 is 0 Å². The van der Waals surface area contributed by atoms with Crippen LogP contribution in [0, 0.1) is 5.92 Å². The summed E-state index contributed by atoms with van der Waals surface area (Å²) in [5.74, 6) is 0.919. The maximum Gasteiger partial charge on any atom is 0.0414 e. The zero-order valence-electron chi connectivity index (χ0n) is 11.7. The minimum Gasteiger partial charge on any atom is -0.371 e. The molecule has 0 unspecified atom stereocenters. The van der Waals surface area contributed by atoms with Crippen molar-refractivity contribution < 1.29 is 0 Å². The van der Waals surface area contributed by atoms with Crippen molar-refractivity contribution >= 4 is 5.69 Å². The largest absolute Gasteiger partial charge is 0.371 e. The lowest BCUT2D eigenvalue weighted by atomic mass is 10.0. The molecule has 18 heavy (non-hydrogen) atoms. The summed E-state index contributed by atoms with van der Waals surface area (Å²) in [7, 11) is 0. The van der Waals surface area contributed by atoms with Crippen LogP contribution in [0.4, 0.5) is 5.69 Å². The van der Waals surface area contributed by atoms with Gasteiger partial charge in [-0.05, 0) is 43.2 Å². The summed E-state index contributed by atoms with van der Waals surface area (Å²) in [5.41, 5.74) is 8.92. The molecule has 0 aliphatic heterocycles. The third kappa shape index (κ3) is 3.26. The molecule has 0 heterocycles. The molecule has 2 nitrogen and oxygen atoms in total. The molecule has 0 amide bonds. The summed E-state index contributed by atoms with van der Waals surface area (Å²) in [6.45, 7) is 6.76. The van der Waals surface area contributed by atoms with Crippen molar-refractivity contribution in [3.63, 3.8) is 0 Å². The maximum atomic E-state index is 6.25. The van der Waals surface area contributed by atoms with E-state index in [0.29, 0.717) is 0 Å². The fraction of sp³-hybridized carbons (Fsp3) is 0.625. The molecule has 0 radical (unpaired) electrons. The molecule has 1 aliphatic rings. The smallest absolute Gasteiger partial charge is 0.0414 e. The molecule has 2 rings (SSSR count). The first-order valence-corrected chi connectivity index (χ1v) is 7.35. The summed E-state index contributed by atoms with van der Waals surface area (Å²) in [5, 5.41) is 0. The van der Waals surface area contributed by atoms with Gasteiger partial charge in [0.05, 0.1) is 0 Å². The number of rotatable bonds is 7. The van der Waals surface area contributed by atoms with Crippen LogP contribution in [0.1, 0.15) is 51.1 Å². The number of nitrogens with zero attached hydrogens (tertiary/aromatic N) is 1.